The van der Waals surface area contributed by atoms with E-state index in [2.05, 4.69) is 36.2 Å². The van der Waals surface area contributed by atoms with E-state index in [1.54, 1.807) is 0 Å². The summed E-state index contributed by atoms with van der Waals surface area (Å²) in [5, 5.41) is 3.02. The van der Waals surface area contributed by atoms with Gasteiger partial charge in [0.05, 0.1) is 6.04 Å². The van der Waals surface area contributed by atoms with E-state index in [1.165, 1.54) is 5.56 Å². The number of aryl methyl sites for hydroxylation is 1. The fraction of sp³-hybridized carbons (Fsp3) is 0.391. The maximum Gasteiger partial charge on any atom is 0.220 e. The predicted octanol–water partition coefficient (Wildman–Crippen LogP) is 4.16. The molecule has 1 amide bonds. The third-order valence-electron chi connectivity index (χ3n) is 4.95. The summed E-state index contributed by atoms with van der Waals surface area (Å²) in [5.74, 6) is -0.0587. The van der Waals surface area contributed by atoms with E-state index in [0.29, 0.717) is 12.1 Å². The first-order valence-corrected chi connectivity index (χ1v) is 9.71. The second-order valence-corrected chi connectivity index (χ2v) is 6.69. The van der Waals surface area contributed by atoms with Crippen LogP contribution in [0.1, 0.15) is 54.2 Å². The van der Waals surface area contributed by atoms with Gasteiger partial charge >= 0.3 is 0 Å². The summed E-state index contributed by atoms with van der Waals surface area (Å²) in [4.78, 5) is 27.0. The van der Waals surface area contributed by atoms with Crippen LogP contribution in [0.2, 0.25) is 0 Å². The standard InChI is InChI=1S/C23H30N2O2/c1-4-25(5-2)21(19-12-7-6-8-13-19)17-24-23(27)16-15-22(26)20-14-10-9-11-18(20)3/h6-14,21H,4-5,15-17H2,1-3H3,(H,24,27). The number of benzene rings is 2. The third kappa shape index (κ3) is 6.04. The number of nitrogens with zero attached hydrogens (tertiary/aromatic N) is 1. The van der Waals surface area contributed by atoms with Crippen LogP contribution < -0.4 is 5.32 Å². The normalized spacial score (nSPS) is 12.0. The minimum Gasteiger partial charge on any atom is -0.354 e. The molecule has 144 valence electrons. The van der Waals surface area contributed by atoms with Crippen molar-refractivity contribution >= 4 is 11.7 Å². The van der Waals surface area contributed by atoms with Gasteiger partial charge in [0.15, 0.2) is 5.78 Å². The largest absolute Gasteiger partial charge is 0.354 e. The number of ketones is 1. The number of rotatable bonds is 10. The van der Waals surface area contributed by atoms with Gasteiger partial charge in [0.25, 0.3) is 0 Å². The molecule has 0 aliphatic heterocycles. The summed E-state index contributed by atoms with van der Waals surface area (Å²) in [6.45, 7) is 8.55. The Morgan fingerprint density at radius 3 is 2.19 bits per heavy atom. The molecule has 0 fully saturated rings. The molecule has 2 rings (SSSR count). The zero-order valence-corrected chi connectivity index (χ0v) is 16.6. The molecule has 1 atom stereocenters. The molecule has 4 heteroatoms. The van der Waals surface area contributed by atoms with Crippen molar-refractivity contribution < 1.29 is 9.59 Å². The molecule has 0 heterocycles. The Kier molecular flexibility index (Phi) is 8.21. The summed E-state index contributed by atoms with van der Waals surface area (Å²) in [7, 11) is 0. The van der Waals surface area contributed by atoms with Crippen molar-refractivity contribution in [3.05, 3.63) is 71.3 Å². The van der Waals surface area contributed by atoms with E-state index in [9.17, 15) is 9.59 Å². The van der Waals surface area contributed by atoms with E-state index in [4.69, 9.17) is 0 Å². The number of likely N-dealkylation sites (N-methyl/N-ethyl adjacent to an activating group) is 1. The van der Waals surface area contributed by atoms with Gasteiger partial charge in [0.2, 0.25) is 5.91 Å². The highest BCUT2D eigenvalue weighted by atomic mass is 16.2. The third-order valence-corrected chi connectivity index (χ3v) is 4.95. The molecule has 4 nitrogen and oxygen atoms in total. The summed E-state index contributed by atoms with van der Waals surface area (Å²) in [6, 6.07) is 17.9. The van der Waals surface area contributed by atoms with Crippen LogP contribution in [-0.2, 0) is 4.79 Å². The highest BCUT2D eigenvalue weighted by molar-refractivity contribution is 5.99. The lowest BCUT2D eigenvalue weighted by Crippen LogP contribution is -2.38. The molecule has 27 heavy (non-hydrogen) atoms. The topological polar surface area (TPSA) is 49.4 Å². The van der Waals surface area contributed by atoms with Crippen LogP contribution >= 0.6 is 0 Å². The fourth-order valence-electron chi connectivity index (χ4n) is 3.34. The lowest BCUT2D eigenvalue weighted by Gasteiger charge is -2.30. The molecule has 0 aliphatic carbocycles. The van der Waals surface area contributed by atoms with E-state index in [1.807, 2.05) is 49.4 Å². The van der Waals surface area contributed by atoms with Gasteiger partial charge in [-0.1, -0.05) is 68.4 Å². The molecule has 0 saturated carbocycles. The van der Waals surface area contributed by atoms with Crippen molar-refractivity contribution in [2.24, 2.45) is 0 Å². The van der Waals surface area contributed by atoms with Crippen LogP contribution in [0.25, 0.3) is 0 Å². The Morgan fingerprint density at radius 2 is 1.56 bits per heavy atom. The average Bonchev–Trinajstić information content (AvgIpc) is 2.70. The molecule has 0 saturated heterocycles. The zero-order valence-electron chi connectivity index (χ0n) is 16.6. The number of hydrogen-bond donors (Lipinski definition) is 1. The van der Waals surface area contributed by atoms with Gasteiger partial charge in [-0.25, -0.2) is 0 Å². The Balaban J connectivity index is 1.92. The van der Waals surface area contributed by atoms with Gasteiger partial charge in [-0.2, -0.15) is 0 Å². The van der Waals surface area contributed by atoms with Gasteiger partial charge in [0.1, 0.15) is 0 Å². The summed E-state index contributed by atoms with van der Waals surface area (Å²) in [6.07, 6.45) is 0.449. The Hall–Kier alpha value is -2.46. The predicted molar refractivity (Wildman–Crippen MR) is 110 cm³/mol. The lowest BCUT2D eigenvalue weighted by atomic mass is 10.0. The highest BCUT2D eigenvalue weighted by Crippen LogP contribution is 2.19. The molecule has 0 aliphatic rings. The van der Waals surface area contributed by atoms with Crippen molar-refractivity contribution in [3.63, 3.8) is 0 Å². The monoisotopic (exact) mass is 366 g/mol. The zero-order chi connectivity index (χ0) is 19.6. The Labute approximate surface area is 162 Å². The number of hydrogen-bond acceptors (Lipinski definition) is 3. The molecular formula is C23H30N2O2. The van der Waals surface area contributed by atoms with Crippen molar-refractivity contribution in [2.45, 2.75) is 39.7 Å². The highest BCUT2D eigenvalue weighted by Gasteiger charge is 2.19. The number of amides is 1. The quantitative estimate of drug-likeness (QED) is 0.643. The van der Waals surface area contributed by atoms with Crippen LogP contribution in [-0.4, -0.2) is 36.2 Å². The van der Waals surface area contributed by atoms with Gasteiger partial charge in [-0.3, -0.25) is 14.5 Å². The molecule has 0 radical (unpaired) electrons. The summed E-state index contributed by atoms with van der Waals surface area (Å²) >= 11 is 0. The number of Topliss-reactive ketones (excluding diaryl/α,β-unsaturated/α-hetero) is 1. The Morgan fingerprint density at radius 1 is 0.926 bits per heavy atom. The second kappa shape index (κ2) is 10.6. The molecule has 2 aromatic carbocycles. The fourth-order valence-corrected chi connectivity index (χ4v) is 3.34. The smallest absolute Gasteiger partial charge is 0.220 e. The van der Waals surface area contributed by atoms with Gasteiger partial charge in [-0.05, 0) is 31.1 Å². The van der Waals surface area contributed by atoms with Crippen molar-refractivity contribution in [1.29, 1.82) is 0 Å². The van der Waals surface area contributed by atoms with Gasteiger partial charge < -0.3 is 5.32 Å². The first kappa shape index (κ1) is 20.8. The molecule has 0 bridgehead atoms. The first-order valence-electron chi connectivity index (χ1n) is 9.71. The molecular weight excluding hydrogens is 336 g/mol. The maximum atomic E-state index is 12.3. The van der Waals surface area contributed by atoms with E-state index in [-0.39, 0.29) is 30.6 Å². The van der Waals surface area contributed by atoms with Crippen LogP contribution in [0.5, 0.6) is 0 Å². The van der Waals surface area contributed by atoms with Crippen molar-refractivity contribution in [3.8, 4) is 0 Å². The SMILES string of the molecule is CCN(CC)C(CNC(=O)CCC(=O)c1ccccc1C)c1ccccc1. The Bertz CT molecular complexity index is 739. The van der Waals surface area contributed by atoms with Crippen LogP contribution in [0.3, 0.4) is 0 Å². The van der Waals surface area contributed by atoms with Gasteiger partial charge in [0, 0.05) is 24.9 Å². The van der Waals surface area contributed by atoms with Crippen LogP contribution in [0.15, 0.2) is 54.6 Å². The number of nitrogens with one attached hydrogen (secondary N) is 1. The maximum absolute atomic E-state index is 12.3. The first-order chi connectivity index (χ1) is 13.1. The molecule has 0 aromatic heterocycles. The molecule has 2 aromatic rings. The van der Waals surface area contributed by atoms with E-state index >= 15 is 0 Å². The van der Waals surface area contributed by atoms with Crippen molar-refractivity contribution in [1.82, 2.24) is 10.2 Å². The van der Waals surface area contributed by atoms with Crippen molar-refractivity contribution in [2.75, 3.05) is 19.6 Å². The lowest BCUT2D eigenvalue weighted by molar-refractivity contribution is -0.121. The molecule has 1 unspecified atom stereocenters. The van der Waals surface area contributed by atoms with Crippen LogP contribution in [0, 0.1) is 6.92 Å². The van der Waals surface area contributed by atoms with Gasteiger partial charge in [-0.15, -0.1) is 0 Å². The molecule has 1 N–H and O–H groups in total. The number of carbonyl (C=O) groups is 2. The minimum absolute atomic E-state index is 0.0200. The summed E-state index contributed by atoms with van der Waals surface area (Å²) in [5.41, 5.74) is 2.85. The number of carbonyl (C=O) groups excluding carboxylic acids is 2. The minimum atomic E-state index is -0.0787. The van der Waals surface area contributed by atoms with E-state index in [0.717, 1.165) is 18.7 Å². The molecule has 0 spiro atoms. The van der Waals surface area contributed by atoms with Crippen LogP contribution in [0.4, 0.5) is 0 Å². The summed E-state index contributed by atoms with van der Waals surface area (Å²) < 4.78 is 0. The second-order valence-electron chi connectivity index (χ2n) is 6.69. The van der Waals surface area contributed by atoms with E-state index < -0.39 is 0 Å². The average molecular weight is 367 g/mol.